The molecule has 0 fully saturated rings. The summed E-state index contributed by atoms with van der Waals surface area (Å²) in [6.45, 7) is 0.904. The molecular formula is C8H10N8O2. The van der Waals surface area contributed by atoms with E-state index >= 15 is 0 Å². The zero-order chi connectivity index (χ0) is 13.0. The topological polar surface area (TPSA) is 138 Å². The normalized spacial score (nSPS) is 10.2. The van der Waals surface area contributed by atoms with Crippen molar-refractivity contribution in [2.75, 3.05) is 17.6 Å². The van der Waals surface area contributed by atoms with Crippen molar-refractivity contribution in [2.24, 2.45) is 0 Å². The number of nitro groups is 1. The van der Waals surface area contributed by atoms with Gasteiger partial charge in [0.25, 0.3) is 0 Å². The lowest BCUT2D eigenvalue weighted by Gasteiger charge is -2.05. The molecule has 0 spiro atoms. The summed E-state index contributed by atoms with van der Waals surface area (Å²) >= 11 is 0. The van der Waals surface area contributed by atoms with Crippen LogP contribution in [-0.4, -0.2) is 36.4 Å². The summed E-state index contributed by atoms with van der Waals surface area (Å²) in [6.07, 6.45) is 4.30. The first-order chi connectivity index (χ1) is 8.66. The Morgan fingerprint density at radius 1 is 1.56 bits per heavy atom. The van der Waals surface area contributed by atoms with E-state index < -0.39 is 4.92 Å². The Kier molecular flexibility index (Phi) is 3.27. The van der Waals surface area contributed by atoms with E-state index in [1.807, 2.05) is 0 Å². The molecule has 2 aromatic rings. The minimum Gasteiger partial charge on any atom is -0.368 e. The molecule has 0 atom stereocenters. The lowest BCUT2D eigenvalue weighted by molar-refractivity contribution is -0.384. The zero-order valence-corrected chi connectivity index (χ0v) is 9.22. The van der Waals surface area contributed by atoms with Gasteiger partial charge >= 0.3 is 5.69 Å². The predicted molar refractivity (Wildman–Crippen MR) is 61.6 cm³/mol. The third kappa shape index (κ3) is 2.66. The molecule has 10 nitrogen and oxygen atoms in total. The number of nitrogens with one attached hydrogen (secondary N) is 1. The first-order valence-electron chi connectivity index (χ1n) is 5.01. The number of nitrogens with two attached hydrogens (primary N) is 1. The van der Waals surface area contributed by atoms with Gasteiger partial charge in [-0.25, -0.2) is 4.98 Å². The zero-order valence-electron chi connectivity index (χ0n) is 9.22. The Hall–Kier alpha value is -2.78. The number of rotatable bonds is 5. The first-order valence-corrected chi connectivity index (χ1v) is 5.01. The van der Waals surface area contributed by atoms with Crippen molar-refractivity contribution >= 4 is 17.5 Å². The van der Waals surface area contributed by atoms with Crippen molar-refractivity contribution in [1.29, 1.82) is 0 Å². The molecule has 0 unspecified atom stereocenters. The van der Waals surface area contributed by atoms with E-state index in [1.165, 1.54) is 0 Å². The Balaban J connectivity index is 2.03. The van der Waals surface area contributed by atoms with Crippen LogP contribution < -0.4 is 11.1 Å². The molecule has 2 aromatic heterocycles. The molecule has 0 bridgehead atoms. The summed E-state index contributed by atoms with van der Waals surface area (Å²) in [5.41, 5.74) is 5.16. The Morgan fingerprint density at radius 2 is 2.39 bits per heavy atom. The maximum absolute atomic E-state index is 10.7. The van der Waals surface area contributed by atoms with Crippen LogP contribution in [0, 0.1) is 10.1 Å². The molecule has 94 valence electrons. The Morgan fingerprint density at radius 3 is 3.06 bits per heavy atom. The summed E-state index contributed by atoms with van der Waals surface area (Å²) in [4.78, 5) is 17.5. The quantitative estimate of drug-likeness (QED) is 0.543. The fourth-order valence-corrected chi connectivity index (χ4v) is 1.29. The van der Waals surface area contributed by atoms with Crippen molar-refractivity contribution in [1.82, 2.24) is 25.0 Å². The maximum Gasteiger partial charge on any atom is 0.329 e. The lowest BCUT2D eigenvalue weighted by atomic mass is 10.4. The molecule has 0 saturated heterocycles. The number of nitrogens with zero attached hydrogens (tertiary/aromatic N) is 6. The minimum atomic E-state index is -0.572. The van der Waals surface area contributed by atoms with E-state index in [9.17, 15) is 10.1 Å². The van der Waals surface area contributed by atoms with Crippen LogP contribution in [0.3, 0.4) is 0 Å². The fraction of sp³-hybridized carbons (Fsp3) is 0.250. The summed E-state index contributed by atoms with van der Waals surface area (Å²) in [7, 11) is 0. The molecule has 2 heterocycles. The number of hydrogen-bond donors (Lipinski definition) is 2. The average Bonchev–Trinajstić information content (AvgIpc) is 2.82. The molecule has 2 rings (SSSR count). The summed E-state index contributed by atoms with van der Waals surface area (Å²) in [6, 6.07) is 0. The summed E-state index contributed by atoms with van der Waals surface area (Å²) < 4.78 is 1.59. The van der Waals surface area contributed by atoms with Gasteiger partial charge in [0.15, 0.2) is 0 Å². The molecular weight excluding hydrogens is 240 g/mol. The van der Waals surface area contributed by atoms with E-state index in [-0.39, 0.29) is 17.5 Å². The lowest BCUT2D eigenvalue weighted by Crippen LogP contribution is -2.14. The van der Waals surface area contributed by atoms with Crippen molar-refractivity contribution in [3.05, 3.63) is 28.7 Å². The van der Waals surface area contributed by atoms with E-state index in [0.717, 1.165) is 6.20 Å². The van der Waals surface area contributed by atoms with Gasteiger partial charge in [-0.2, -0.15) is 4.98 Å². The van der Waals surface area contributed by atoms with Crippen molar-refractivity contribution in [3.63, 3.8) is 0 Å². The first kappa shape index (κ1) is 11.7. The third-order valence-corrected chi connectivity index (χ3v) is 2.09. The summed E-state index contributed by atoms with van der Waals surface area (Å²) in [5.74, 6) is 0.0662. The highest BCUT2D eigenvalue weighted by atomic mass is 16.6. The molecule has 0 radical (unpaired) electrons. The standard InChI is InChI=1S/C8H10N8O2/c9-8-11-5-6(16(17)18)7(13-8)10-1-3-15-4-2-12-14-15/h2,4-5H,1,3H2,(H3,9,10,11,13). The van der Waals surface area contributed by atoms with Crippen LogP contribution in [0.25, 0.3) is 0 Å². The van der Waals surface area contributed by atoms with Gasteiger partial charge in [-0.3, -0.25) is 14.8 Å². The number of hydrogen-bond acceptors (Lipinski definition) is 8. The van der Waals surface area contributed by atoms with Crippen molar-refractivity contribution in [3.8, 4) is 0 Å². The Labute approximate surface area is 101 Å². The van der Waals surface area contributed by atoms with E-state index in [1.54, 1.807) is 17.1 Å². The highest BCUT2D eigenvalue weighted by Crippen LogP contribution is 2.20. The van der Waals surface area contributed by atoms with Crippen LogP contribution in [0.4, 0.5) is 17.5 Å². The number of nitrogen functional groups attached to an aromatic ring is 1. The summed E-state index contributed by atoms with van der Waals surface area (Å²) in [5, 5.41) is 21.0. The van der Waals surface area contributed by atoms with Gasteiger partial charge in [0.05, 0.1) is 17.7 Å². The number of anilines is 2. The molecule has 18 heavy (non-hydrogen) atoms. The van der Waals surface area contributed by atoms with Gasteiger partial charge in [0.1, 0.15) is 6.20 Å². The molecule has 10 heteroatoms. The highest BCUT2D eigenvalue weighted by molar-refractivity contribution is 5.56. The second kappa shape index (κ2) is 5.03. The smallest absolute Gasteiger partial charge is 0.329 e. The monoisotopic (exact) mass is 250 g/mol. The van der Waals surface area contributed by atoms with Gasteiger partial charge in [-0.15, -0.1) is 5.10 Å². The second-order valence-electron chi connectivity index (χ2n) is 3.31. The molecule has 0 aliphatic carbocycles. The van der Waals surface area contributed by atoms with Gasteiger partial charge in [0.2, 0.25) is 11.8 Å². The fourth-order valence-electron chi connectivity index (χ4n) is 1.29. The van der Waals surface area contributed by atoms with Crippen LogP contribution >= 0.6 is 0 Å². The van der Waals surface area contributed by atoms with Gasteiger partial charge in [-0.05, 0) is 0 Å². The molecule has 0 saturated carbocycles. The van der Waals surface area contributed by atoms with Crippen LogP contribution in [0.5, 0.6) is 0 Å². The van der Waals surface area contributed by atoms with Gasteiger partial charge in [0, 0.05) is 12.7 Å². The minimum absolute atomic E-state index is 0.0242. The molecule has 0 aliphatic rings. The maximum atomic E-state index is 10.7. The van der Waals surface area contributed by atoms with Crippen molar-refractivity contribution < 1.29 is 4.92 Å². The van der Waals surface area contributed by atoms with Crippen LogP contribution in [0.1, 0.15) is 0 Å². The molecule has 0 amide bonds. The SMILES string of the molecule is Nc1ncc([N+](=O)[O-])c(NCCn2ccnn2)n1. The predicted octanol–water partition coefficient (Wildman–Crippen LogP) is -0.329. The largest absolute Gasteiger partial charge is 0.368 e. The Bertz CT molecular complexity index is 540. The second-order valence-corrected chi connectivity index (χ2v) is 3.31. The van der Waals surface area contributed by atoms with Crippen LogP contribution in [0.15, 0.2) is 18.6 Å². The van der Waals surface area contributed by atoms with Crippen LogP contribution in [-0.2, 0) is 6.54 Å². The van der Waals surface area contributed by atoms with E-state index in [0.29, 0.717) is 13.1 Å². The number of aromatic nitrogens is 5. The van der Waals surface area contributed by atoms with E-state index in [2.05, 4.69) is 25.6 Å². The highest BCUT2D eigenvalue weighted by Gasteiger charge is 2.15. The molecule has 0 aliphatic heterocycles. The molecule has 0 aromatic carbocycles. The van der Waals surface area contributed by atoms with E-state index in [4.69, 9.17) is 5.73 Å². The van der Waals surface area contributed by atoms with Gasteiger partial charge < -0.3 is 11.1 Å². The average molecular weight is 250 g/mol. The van der Waals surface area contributed by atoms with Gasteiger partial charge in [-0.1, -0.05) is 5.21 Å². The van der Waals surface area contributed by atoms with Crippen LogP contribution in [0.2, 0.25) is 0 Å². The molecule has 3 N–H and O–H groups in total. The third-order valence-electron chi connectivity index (χ3n) is 2.09. The van der Waals surface area contributed by atoms with Crippen molar-refractivity contribution in [2.45, 2.75) is 6.54 Å².